The number of para-hydroxylation sites is 2. The number of nitrogens with one attached hydrogen (secondary N) is 2. The molecule has 0 aliphatic heterocycles. The summed E-state index contributed by atoms with van der Waals surface area (Å²) >= 11 is 0. The number of likely N-dealkylation sites (N-methyl/N-ethyl adjacent to an activating group) is 1. The lowest BCUT2D eigenvalue weighted by Crippen LogP contribution is -3.12. The van der Waals surface area contributed by atoms with Crippen molar-refractivity contribution in [1.82, 2.24) is 0 Å². The smallest absolute Gasteiger partial charge is 0.292 e. The van der Waals surface area contributed by atoms with Gasteiger partial charge < -0.3 is 10.2 Å². The molecule has 1 amide bonds. The van der Waals surface area contributed by atoms with Crippen molar-refractivity contribution in [2.45, 2.75) is 19.5 Å². The minimum absolute atomic E-state index is 0.144. The maximum absolute atomic E-state index is 12.9. The molecule has 1 unspecified atom stereocenters. The van der Waals surface area contributed by atoms with Crippen LogP contribution in [0.25, 0.3) is 0 Å². The molecule has 24 heavy (non-hydrogen) atoms. The molecule has 2 aromatic rings. The molecule has 0 spiro atoms. The molecule has 0 aromatic heterocycles. The molecule has 0 saturated carbocycles. The van der Waals surface area contributed by atoms with Gasteiger partial charge in [-0.3, -0.25) is 14.9 Å². The molecule has 0 fully saturated rings. The van der Waals surface area contributed by atoms with Crippen LogP contribution in [0.3, 0.4) is 0 Å². The van der Waals surface area contributed by atoms with E-state index in [0.717, 1.165) is 10.5 Å². The average molecular weight is 332 g/mol. The maximum Gasteiger partial charge on any atom is 0.292 e. The molecule has 126 valence electrons. The highest BCUT2D eigenvalue weighted by molar-refractivity contribution is 5.95. The van der Waals surface area contributed by atoms with E-state index in [0.29, 0.717) is 6.54 Å². The third-order valence-corrected chi connectivity index (χ3v) is 3.89. The normalized spacial score (nSPS) is 13.1. The lowest BCUT2D eigenvalue weighted by Gasteiger charge is -2.21. The Hall–Kier alpha value is -2.80. The summed E-state index contributed by atoms with van der Waals surface area (Å²) in [5, 5.41) is 13.6. The number of halogens is 1. The van der Waals surface area contributed by atoms with E-state index in [9.17, 15) is 19.3 Å². The SMILES string of the molecule is C[C@H](C(=O)Nc1ccccc1[N+](=O)[O-])[NH+](C)Cc1ccc(F)cc1. The zero-order chi connectivity index (χ0) is 17.7. The molecule has 0 bridgehead atoms. The molecule has 0 radical (unpaired) electrons. The number of rotatable bonds is 6. The van der Waals surface area contributed by atoms with Gasteiger partial charge in [0.25, 0.3) is 11.6 Å². The summed E-state index contributed by atoms with van der Waals surface area (Å²) in [6, 6.07) is 11.7. The minimum atomic E-state index is -0.532. The average Bonchev–Trinajstić information content (AvgIpc) is 2.56. The van der Waals surface area contributed by atoms with Crippen LogP contribution in [-0.2, 0) is 11.3 Å². The summed E-state index contributed by atoms with van der Waals surface area (Å²) in [6.45, 7) is 2.27. The van der Waals surface area contributed by atoms with E-state index in [1.54, 1.807) is 31.2 Å². The van der Waals surface area contributed by atoms with Crippen LogP contribution >= 0.6 is 0 Å². The van der Waals surface area contributed by atoms with E-state index in [2.05, 4.69) is 5.32 Å². The molecule has 0 aliphatic carbocycles. The van der Waals surface area contributed by atoms with E-state index >= 15 is 0 Å². The number of quaternary nitrogens is 1. The van der Waals surface area contributed by atoms with Gasteiger partial charge in [0, 0.05) is 11.6 Å². The van der Waals surface area contributed by atoms with Gasteiger partial charge in [0.1, 0.15) is 18.0 Å². The van der Waals surface area contributed by atoms with Crippen molar-refractivity contribution in [3.8, 4) is 0 Å². The lowest BCUT2D eigenvalue weighted by molar-refractivity contribution is -0.907. The third kappa shape index (κ3) is 4.36. The highest BCUT2D eigenvalue weighted by atomic mass is 19.1. The van der Waals surface area contributed by atoms with Gasteiger partial charge in [-0.15, -0.1) is 0 Å². The zero-order valence-corrected chi connectivity index (χ0v) is 13.5. The van der Waals surface area contributed by atoms with E-state index < -0.39 is 11.0 Å². The first-order valence-electron chi connectivity index (χ1n) is 7.49. The monoisotopic (exact) mass is 332 g/mol. The van der Waals surface area contributed by atoms with Gasteiger partial charge in [0.2, 0.25) is 0 Å². The van der Waals surface area contributed by atoms with Crippen LogP contribution in [0.5, 0.6) is 0 Å². The largest absolute Gasteiger partial charge is 0.324 e. The van der Waals surface area contributed by atoms with Gasteiger partial charge in [-0.1, -0.05) is 24.3 Å². The zero-order valence-electron chi connectivity index (χ0n) is 13.5. The van der Waals surface area contributed by atoms with E-state index in [1.165, 1.54) is 24.3 Å². The fourth-order valence-electron chi connectivity index (χ4n) is 2.28. The molecule has 6 nitrogen and oxygen atoms in total. The highest BCUT2D eigenvalue weighted by Crippen LogP contribution is 2.23. The number of carbonyl (C=O) groups excluding carboxylic acids is 1. The molecule has 7 heteroatoms. The predicted molar refractivity (Wildman–Crippen MR) is 88.2 cm³/mol. The van der Waals surface area contributed by atoms with Gasteiger partial charge in [-0.05, 0) is 25.1 Å². The Bertz CT molecular complexity index is 734. The third-order valence-electron chi connectivity index (χ3n) is 3.89. The van der Waals surface area contributed by atoms with E-state index in [4.69, 9.17) is 0 Å². The molecule has 2 rings (SSSR count). The van der Waals surface area contributed by atoms with E-state index in [-0.39, 0.29) is 23.1 Å². The quantitative estimate of drug-likeness (QED) is 0.625. The van der Waals surface area contributed by atoms with Crippen LogP contribution in [0.2, 0.25) is 0 Å². The summed E-state index contributed by atoms with van der Waals surface area (Å²) in [7, 11) is 1.84. The minimum Gasteiger partial charge on any atom is -0.324 e. The number of hydrogen-bond donors (Lipinski definition) is 2. The molecule has 2 aromatic carbocycles. The number of hydrogen-bond acceptors (Lipinski definition) is 3. The first-order valence-corrected chi connectivity index (χ1v) is 7.49. The Labute approximate surface area is 139 Å². The van der Waals surface area contributed by atoms with Crippen molar-refractivity contribution < 1.29 is 19.0 Å². The summed E-state index contributed by atoms with van der Waals surface area (Å²) < 4.78 is 12.9. The Morgan fingerprint density at radius 3 is 2.50 bits per heavy atom. The molecule has 0 aliphatic rings. The summed E-state index contributed by atoms with van der Waals surface area (Å²) in [5.74, 6) is -0.623. The number of nitro groups is 1. The standard InChI is InChI=1S/C17H18FN3O3/c1-12(20(2)11-13-7-9-14(18)10-8-13)17(22)19-15-5-3-4-6-16(15)21(23)24/h3-10,12H,11H2,1-2H3,(H,19,22)/p+1/t12-/m1/s1. The summed E-state index contributed by atoms with van der Waals surface area (Å²) in [5.41, 5.74) is 0.933. The van der Waals surface area contributed by atoms with Crippen LogP contribution in [0.4, 0.5) is 15.8 Å². The van der Waals surface area contributed by atoms with Crippen LogP contribution < -0.4 is 10.2 Å². The first kappa shape index (κ1) is 17.6. The topological polar surface area (TPSA) is 76.7 Å². The Morgan fingerprint density at radius 1 is 1.25 bits per heavy atom. The summed E-state index contributed by atoms with van der Waals surface area (Å²) in [4.78, 5) is 23.7. The summed E-state index contributed by atoms with van der Waals surface area (Å²) in [6.07, 6.45) is 0. The number of anilines is 1. The Morgan fingerprint density at radius 2 is 1.88 bits per heavy atom. The van der Waals surface area contributed by atoms with Crippen molar-refractivity contribution in [2.75, 3.05) is 12.4 Å². The second kappa shape index (κ2) is 7.65. The van der Waals surface area contributed by atoms with Gasteiger partial charge >= 0.3 is 0 Å². The van der Waals surface area contributed by atoms with Crippen molar-refractivity contribution in [3.05, 3.63) is 70.0 Å². The fourth-order valence-corrected chi connectivity index (χ4v) is 2.28. The molecule has 2 atom stereocenters. The number of carbonyl (C=O) groups is 1. The van der Waals surface area contributed by atoms with Crippen LogP contribution in [0.15, 0.2) is 48.5 Å². The second-order valence-corrected chi connectivity index (χ2v) is 5.63. The number of amides is 1. The van der Waals surface area contributed by atoms with Gasteiger partial charge in [-0.2, -0.15) is 0 Å². The molecular weight excluding hydrogens is 313 g/mol. The van der Waals surface area contributed by atoms with Crippen molar-refractivity contribution >= 4 is 17.3 Å². The first-order chi connectivity index (χ1) is 11.4. The number of benzene rings is 2. The van der Waals surface area contributed by atoms with Crippen LogP contribution in [0, 0.1) is 15.9 Å². The maximum atomic E-state index is 12.9. The number of nitro benzene ring substituents is 1. The second-order valence-electron chi connectivity index (χ2n) is 5.63. The molecule has 2 N–H and O–H groups in total. The van der Waals surface area contributed by atoms with Gasteiger partial charge in [0.05, 0.1) is 12.0 Å². The molecular formula is C17H19FN3O3+. The van der Waals surface area contributed by atoms with Gasteiger partial charge in [-0.25, -0.2) is 4.39 Å². The van der Waals surface area contributed by atoms with Crippen molar-refractivity contribution in [2.24, 2.45) is 0 Å². The van der Waals surface area contributed by atoms with Crippen molar-refractivity contribution in [3.63, 3.8) is 0 Å². The Kier molecular flexibility index (Phi) is 5.59. The van der Waals surface area contributed by atoms with E-state index in [1.807, 2.05) is 7.05 Å². The van der Waals surface area contributed by atoms with Crippen LogP contribution in [0.1, 0.15) is 12.5 Å². The molecule has 0 saturated heterocycles. The molecule has 0 heterocycles. The predicted octanol–water partition coefficient (Wildman–Crippen LogP) is 1.78. The Balaban J connectivity index is 2.04. The van der Waals surface area contributed by atoms with Crippen LogP contribution in [-0.4, -0.2) is 23.9 Å². The highest BCUT2D eigenvalue weighted by Gasteiger charge is 2.24. The van der Waals surface area contributed by atoms with Gasteiger partial charge in [0.15, 0.2) is 6.04 Å². The number of nitrogens with zero attached hydrogens (tertiary/aromatic N) is 1. The van der Waals surface area contributed by atoms with Crippen molar-refractivity contribution in [1.29, 1.82) is 0 Å². The fraction of sp³-hybridized carbons (Fsp3) is 0.235. The lowest BCUT2D eigenvalue weighted by atomic mass is 10.1.